The number of amides is 2. The van der Waals surface area contributed by atoms with Crippen LogP contribution in [-0.4, -0.2) is 68.0 Å². The summed E-state index contributed by atoms with van der Waals surface area (Å²) in [6, 6.07) is 14.0. The molecule has 1 N–H and O–H groups in total. The SMILES string of the molecule is COc1ccccc1CN1CCN(C(=O)c2ccc(NC(=O)C3CC3)cc2N2CCCCCC2)CC1. The van der Waals surface area contributed by atoms with Gasteiger partial charge in [0, 0.05) is 63.0 Å². The third-order valence-electron chi connectivity index (χ3n) is 7.64. The fourth-order valence-corrected chi connectivity index (χ4v) is 5.31. The molecule has 3 aliphatic rings. The Morgan fingerprint density at radius 3 is 2.33 bits per heavy atom. The molecule has 5 rings (SSSR count). The normalized spacial score (nSPS) is 19.0. The van der Waals surface area contributed by atoms with Gasteiger partial charge >= 0.3 is 0 Å². The van der Waals surface area contributed by atoms with Crippen molar-refractivity contribution in [3.8, 4) is 5.75 Å². The minimum atomic E-state index is 0.0891. The zero-order valence-corrected chi connectivity index (χ0v) is 21.4. The van der Waals surface area contributed by atoms with Crippen LogP contribution in [0.3, 0.4) is 0 Å². The molecule has 2 amide bonds. The van der Waals surface area contributed by atoms with Crippen molar-refractivity contribution < 1.29 is 14.3 Å². The average molecular weight is 491 g/mol. The van der Waals surface area contributed by atoms with E-state index in [-0.39, 0.29) is 17.7 Å². The van der Waals surface area contributed by atoms with Gasteiger partial charge in [-0.15, -0.1) is 0 Å². The maximum Gasteiger partial charge on any atom is 0.256 e. The Labute approximate surface area is 214 Å². The van der Waals surface area contributed by atoms with Crippen LogP contribution < -0.4 is 15.0 Å². The summed E-state index contributed by atoms with van der Waals surface area (Å²) in [6.45, 7) is 5.79. The molecule has 2 saturated heterocycles. The van der Waals surface area contributed by atoms with Gasteiger partial charge in [0.05, 0.1) is 18.4 Å². The summed E-state index contributed by atoms with van der Waals surface area (Å²) in [5.74, 6) is 1.25. The van der Waals surface area contributed by atoms with Gasteiger partial charge in [0.1, 0.15) is 5.75 Å². The zero-order valence-electron chi connectivity index (χ0n) is 21.4. The molecule has 1 saturated carbocycles. The second kappa shape index (κ2) is 11.3. The summed E-state index contributed by atoms with van der Waals surface area (Å²) in [5.41, 5.74) is 3.68. The highest BCUT2D eigenvalue weighted by molar-refractivity contribution is 6.02. The first-order chi connectivity index (χ1) is 17.6. The lowest BCUT2D eigenvalue weighted by Gasteiger charge is -2.36. The minimum absolute atomic E-state index is 0.0891. The van der Waals surface area contributed by atoms with Gasteiger partial charge in [0.25, 0.3) is 5.91 Å². The molecule has 2 aromatic carbocycles. The maximum atomic E-state index is 13.7. The van der Waals surface area contributed by atoms with E-state index in [0.717, 1.165) is 81.1 Å². The third kappa shape index (κ3) is 5.84. The molecule has 0 bridgehead atoms. The molecular weight excluding hydrogens is 452 g/mol. The number of hydrogen-bond donors (Lipinski definition) is 1. The molecule has 192 valence electrons. The number of anilines is 2. The van der Waals surface area contributed by atoms with Crippen molar-refractivity contribution in [2.24, 2.45) is 5.92 Å². The quantitative estimate of drug-likeness (QED) is 0.624. The number of nitrogens with one attached hydrogen (secondary N) is 1. The van der Waals surface area contributed by atoms with Crippen molar-refractivity contribution in [2.45, 2.75) is 45.1 Å². The molecule has 0 aromatic heterocycles. The number of nitrogens with zero attached hydrogens (tertiary/aromatic N) is 3. The van der Waals surface area contributed by atoms with E-state index < -0.39 is 0 Å². The lowest BCUT2D eigenvalue weighted by atomic mass is 10.1. The summed E-state index contributed by atoms with van der Waals surface area (Å²) in [4.78, 5) is 32.8. The molecule has 0 atom stereocenters. The fraction of sp³-hybridized carbons (Fsp3) is 0.517. The summed E-state index contributed by atoms with van der Waals surface area (Å²) < 4.78 is 5.51. The molecule has 0 spiro atoms. The minimum Gasteiger partial charge on any atom is -0.496 e. The Hall–Kier alpha value is -3.06. The van der Waals surface area contributed by atoms with E-state index in [0.29, 0.717) is 13.1 Å². The number of rotatable bonds is 7. The van der Waals surface area contributed by atoms with E-state index in [9.17, 15) is 9.59 Å². The topological polar surface area (TPSA) is 65.1 Å². The van der Waals surface area contributed by atoms with Crippen LogP contribution in [0.5, 0.6) is 5.75 Å². The van der Waals surface area contributed by atoms with Crippen LogP contribution in [0.15, 0.2) is 42.5 Å². The van der Waals surface area contributed by atoms with Crippen LogP contribution in [0, 0.1) is 5.92 Å². The van der Waals surface area contributed by atoms with E-state index in [1.54, 1.807) is 7.11 Å². The number of benzene rings is 2. The highest BCUT2D eigenvalue weighted by Gasteiger charge is 2.30. The number of methoxy groups -OCH3 is 1. The highest BCUT2D eigenvalue weighted by Crippen LogP contribution is 2.33. The predicted molar refractivity (Wildman–Crippen MR) is 143 cm³/mol. The molecule has 2 aromatic rings. The van der Waals surface area contributed by atoms with Gasteiger partial charge in [0.15, 0.2) is 0 Å². The van der Waals surface area contributed by atoms with Crippen LogP contribution in [0.2, 0.25) is 0 Å². The Bertz CT molecular complexity index is 1070. The Kier molecular flexibility index (Phi) is 7.75. The molecular formula is C29H38N4O3. The Balaban J connectivity index is 1.29. The number of hydrogen-bond acceptors (Lipinski definition) is 5. The molecule has 0 unspecified atom stereocenters. The van der Waals surface area contributed by atoms with E-state index in [2.05, 4.69) is 21.2 Å². The number of carbonyl (C=O) groups is 2. The van der Waals surface area contributed by atoms with Crippen LogP contribution in [0.25, 0.3) is 0 Å². The highest BCUT2D eigenvalue weighted by atomic mass is 16.5. The van der Waals surface area contributed by atoms with Crippen molar-refractivity contribution >= 4 is 23.2 Å². The molecule has 0 radical (unpaired) electrons. The van der Waals surface area contributed by atoms with Crippen LogP contribution in [0.4, 0.5) is 11.4 Å². The summed E-state index contributed by atoms with van der Waals surface area (Å²) in [6.07, 6.45) is 6.68. The van der Waals surface area contributed by atoms with Crippen LogP contribution in [0.1, 0.15) is 54.4 Å². The number of para-hydroxylation sites is 1. The van der Waals surface area contributed by atoms with E-state index in [4.69, 9.17) is 4.74 Å². The molecule has 2 aliphatic heterocycles. The molecule has 2 heterocycles. The first-order valence-corrected chi connectivity index (χ1v) is 13.5. The average Bonchev–Trinajstić information content (AvgIpc) is 3.77. The summed E-state index contributed by atoms with van der Waals surface area (Å²) in [7, 11) is 1.71. The van der Waals surface area contributed by atoms with Crippen LogP contribution in [-0.2, 0) is 11.3 Å². The van der Waals surface area contributed by atoms with Crippen molar-refractivity contribution in [2.75, 3.05) is 56.6 Å². The first-order valence-electron chi connectivity index (χ1n) is 13.5. The van der Waals surface area contributed by atoms with E-state index >= 15 is 0 Å². The van der Waals surface area contributed by atoms with Gasteiger partial charge in [-0.2, -0.15) is 0 Å². The van der Waals surface area contributed by atoms with Crippen molar-refractivity contribution in [1.29, 1.82) is 0 Å². The lowest BCUT2D eigenvalue weighted by Crippen LogP contribution is -2.48. The Morgan fingerprint density at radius 1 is 0.917 bits per heavy atom. The largest absolute Gasteiger partial charge is 0.496 e. The van der Waals surface area contributed by atoms with E-state index in [1.165, 1.54) is 18.4 Å². The lowest BCUT2D eigenvalue weighted by molar-refractivity contribution is -0.117. The molecule has 1 aliphatic carbocycles. The zero-order chi connectivity index (χ0) is 24.9. The number of ether oxygens (including phenoxy) is 1. The smallest absolute Gasteiger partial charge is 0.256 e. The van der Waals surface area contributed by atoms with Crippen molar-refractivity contribution in [3.63, 3.8) is 0 Å². The first kappa shape index (κ1) is 24.6. The summed E-state index contributed by atoms with van der Waals surface area (Å²) >= 11 is 0. The van der Waals surface area contributed by atoms with E-state index in [1.807, 2.05) is 41.3 Å². The molecule has 7 nitrogen and oxygen atoms in total. The molecule has 36 heavy (non-hydrogen) atoms. The van der Waals surface area contributed by atoms with Gasteiger partial charge in [-0.1, -0.05) is 31.0 Å². The monoisotopic (exact) mass is 490 g/mol. The second-order valence-electron chi connectivity index (χ2n) is 10.3. The number of piperazine rings is 1. The Morgan fingerprint density at radius 2 is 1.64 bits per heavy atom. The molecule has 3 fully saturated rings. The van der Waals surface area contributed by atoms with Crippen molar-refractivity contribution in [1.82, 2.24) is 9.80 Å². The standard InChI is InChI=1S/C29H38N4O3/c1-36-27-9-5-4-8-23(27)21-31-16-18-33(19-17-31)29(35)25-13-12-24(30-28(34)22-10-11-22)20-26(25)32-14-6-2-3-7-15-32/h4-5,8-9,12-13,20,22H,2-3,6-7,10-11,14-19,21H2,1H3,(H,30,34). The van der Waals surface area contributed by atoms with Crippen molar-refractivity contribution in [3.05, 3.63) is 53.6 Å². The van der Waals surface area contributed by atoms with Gasteiger partial charge in [-0.3, -0.25) is 14.5 Å². The van der Waals surface area contributed by atoms with Gasteiger partial charge in [0.2, 0.25) is 5.91 Å². The van der Waals surface area contributed by atoms with Gasteiger partial charge in [-0.25, -0.2) is 0 Å². The molecule has 7 heteroatoms. The maximum absolute atomic E-state index is 13.7. The summed E-state index contributed by atoms with van der Waals surface area (Å²) in [5, 5.41) is 3.08. The van der Waals surface area contributed by atoms with Gasteiger partial charge in [-0.05, 0) is 49.9 Å². The predicted octanol–water partition coefficient (Wildman–Crippen LogP) is 4.38. The number of carbonyl (C=O) groups excluding carboxylic acids is 2. The van der Waals surface area contributed by atoms with Crippen LogP contribution >= 0.6 is 0 Å². The fourth-order valence-electron chi connectivity index (χ4n) is 5.31. The van der Waals surface area contributed by atoms with Gasteiger partial charge < -0.3 is 19.9 Å². The third-order valence-corrected chi connectivity index (χ3v) is 7.64. The second-order valence-corrected chi connectivity index (χ2v) is 10.3.